The maximum absolute atomic E-state index is 12.6. The molecular formula is C17H19Cl2N3O3. The van der Waals surface area contributed by atoms with Gasteiger partial charge in [0.1, 0.15) is 5.56 Å². The van der Waals surface area contributed by atoms with Gasteiger partial charge in [-0.1, -0.05) is 42.2 Å². The largest absolute Gasteiger partial charge is 0.360 e. The fourth-order valence-corrected chi connectivity index (χ4v) is 2.59. The third-order valence-electron chi connectivity index (χ3n) is 3.56. The minimum atomic E-state index is -0.352. The molecule has 1 N–H and O–H groups in total. The summed E-state index contributed by atoms with van der Waals surface area (Å²) in [7, 11) is 1.55. The Morgan fingerprint density at radius 3 is 2.56 bits per heavy atom. The highest BCUT2D eigenvalue weighted by Gasteiger charge is 2.26. The zero-order valence-electron chi connectivity index (χ0n) is 14.4. The molecule has 8 heteroatoms. The topological polar surface area (TPSA) is 75.4 Å². The molecule has 2 rings (SSSR count). The molecule has 0 saturated heterocycles. The molecule has 0 aliphatic carbocycles. The number of hydrogen-bond donors (Lipinski definition) is 1. The van der Waals surface area contributed by atoms with Gasteiger partial charge in [0.25, 0.3) is 5.91 Å². The van der Waals surface area contributed by atoms with Crippen LogP contribution >= 0.6 is 23.2 Å². The van der Waals surface area contributed by atoms with Crippen molar-refractivity contribution in [2.45, 2.75) is 26.7 Å². The van der Waals surface area contributed by atoms with Crippen molar-refractivity contribution in [2.24, 2.45) is 0 Å². The SMILES string of the molecule is Cc1noc(C(C)C)c1C(=O)N(C)CC(=O)Nc1ccc(Cl)c(Cl)c1. The second-order valence-electron chi connectivity index (χ2n) is 6.00. The van der Waals surface area contributed by atoms with Crippen molar-refractivity contribution in [1.82, 2.24) is 10.1 Å². The first-order valence-electron chi connectivity index (χ1n) is 7.67. The summed E-state index contributed by atoms with van der Waals surface area (Å²) in [5.74, 6) is -0.140. The molecule has 0 aliphatic rings. The number of likely N-dealkylation sites (N-methyl/N-ethyl adjacent to an activating group) is 1. The Morgan fingerprint density at radius 1 is 1.28 bits per heavy atom. The van der Waals surface area contributed by atoms with Gasteiger partial charge in [-0.15, -0.1) is 0 Å². The van der Waals surface area contributed by atoms with E-state index in [0.717, 1.165) is 0 Å². The zero-order valence-corrected chi connectivity index (χ0v) is 15.9. The van der Waals surface area contributed by atoms with Crippen LogP contribution in [0.5, 0.6) is 0 Å². The van der Waals surface area contributed by atoms with Gasteiger partial charge >= 0.3 is 0 Å². The summed E-state index contributed by atoms with van der Waals surface area (Å²) in [5.41, 5.74) is 1.41. The molecule has 25 heavy (non-hydrogen) atoms. The standard InChI is InChI=1S/C17H19Cl2N3O3/c1-9(2)16-15(10(3)21-25-16)17(24)22(4)8-14(23)20-11-5-6-12(18)13(19)7-11/h5-7,9H,8H2,1-4H3,(H,20,23). The van der Waals surface area contributed by atoms with E-state index in [4.69, 9.17) is 27.7 Å². The second-order valence-corrected chi connectivity index (χ2v) is 6.81. The molecule has 0 bridgehead atoms. The van der Waals surface area contributed by atoms with Crippen LogP contribution in [0.1, 0.15) is 41.6 Å². The Balaban J connectivity index is 2.07. The minimum absolute atomic E-state index is 0.0126. The van der Waals surface area contributed by atoms with Crippen molar-refractivity contribution in [2.75, 3.05) is 18.9 Å². The molecule has 1 aromatic carbocycles. The van der Waals surface area contributed by atoms with Gasteiger partial charge < -0.3 is 14.7 Å². The number of amides is 2. The van der Waals surface area contributed by atoms with Crippen molar-refractivity contribution in [3.63, 3.8) is 0 Å². The molecule has 134 valence electrons. The third-order valence-corrected chi connectivity index (χ3v) is 4.30. The van der Waals surface area contributed by atoms with Crippen LogP contribution in [0.2, 0.25) is 10.0 Å². The van der Waals surface area contributed by atoms with Crippen molar-refractivity contribution < 1.29 is 14.1 Å². The number of carbonyl (C=O) groups excluding carboxylic acids is 2. The lowest BCUT2D eigenvalue weighted by Crippen LogP contribution is -2.35. The third kappa shape index (κ3) is 4.52. The monoisotopic (exact) mass is 383 g/mol. The number of rotatable bonds is 5. The minimum Gasteiger partial charge on any atom is -0.360 e. The van der Waals surface area contributed by atoms with Crippen molar-refractivity contribution in [3.8, 4) is 0 Å². The first-order chi connectivity index (χ1) is 11.7. The second kappa shape index (κ2) is 7.89. The summed E-state index contributed by atoms with van der Waals surface area (Å²) in [6.07, 6.45) is 0. The molecule has 2 amide bonds. The summed E-state index contributed by atoms with van der Waals surface area (Å²) >= 11 is 11.8. The molecule has 1 aromatic heterocycles. The molecule has 0 fully saturated rings. The van der Waals surface area contributed by atoms with Crippen LogP contribution in [0.4, 0.5) is 5.69 Å². The van der Waals surface area contributed by atoms with Crippen molar-refractivity contribution in [3.05, 3.63) is 45.3 Å². The van der Waals surface area contributed by atoms with E-state index >= 15 is 0 Å². The molecule has 2 aromatic rings. The van der Waals surface area contributed by atoms with Gasteiger partial charge in [-0.05, 0) is 25.1 Å². The number of aromatic nitrogens is 1. The van der Waals surface area contributed by atoms with Gasteiger partial charge in [-0.3, -0.25) is 9.59 Å². The summed E-state index contributed by atoms with van der Waals surface area (Å²) in [6.45, 7) is 5.40. The predicted molar refractivity (Wildman–Crippen MR) is 97.4 cm³/mol. The number of nitrogens with one attached hydrogen (secondary N) is 1. The number of nitrogens with zero attached hydrogens (tertiary/aromatic N) is 2. The normalized spacial score (nSPS) is 10.8. The van der Waals surface area contributed by atoms with Gasteiger partial charge in [0.15, 0.2) is 5.76 Å². The summed E-state index contributed by atoms with van der Waals surface area (Å²) < 4.78 is 5.23. The van der Waals surface area contributed by atoms with Crippen molar-refractivity contribution in [1.29, 1.82) is 0 Å². The highest BCUT2D eigenvalue weighted by atomic mass is 35.5. The van der Waals surface area contributed by atoms with E-state index < -0.39 is 0 Å². The molecular weight excluding hydrogens is 365 g/mol. The Hall–Kier alpha value is -2.05. The van der Waals surface area contributed by atoms with Gasteiger partial charge in [-0.2, -0.15) is 0 Å². The van der Waals surface area contributed by atoms with Gasteiger partial charge in [0.2, 0.25) is 5.91 Å². The van der Waals surface area contributed by atoms with Crippen LogP contribution in [0.25, 0.3) is 0 Å². The zero-order chi connectivity index (χ0) is 18.7. The lowest BCUT2D eigenvalue weighted by Gasteiger charge is -2.17. The van der Waals surface area contributed by atoms with Crippen LogP contribution in [-0.2, 0) is 4.79 Å². The molecule has 0 saturated carbocycles. The Labute approximate surface area is 156 Å². The van der Waals surface area contributed by atoms with E-state index in [2.05, 4.69) is 10.5 Å². The lowest BCUT2D eigenvalue weighted by atomic mass is 10.0. The fourth-order valence-electron chi connectivity index (χ4n) is 2.29. The number of anilines is 1. The van der Waals surface area contributed by atoms with E-state index in [1.807, 2.05) is 13.8 Å². The van der Waals surface area contributed by atoms with E-state index in [1.165, 1.54) is 4.90 Å². The van der Waals surface area contributed by atoms with Crippen LogP contribution in [0, 0.1) is 6.92 Å². The maximum atomic E-state index is 12.6. The molecule has 0 radical (unpaired) electrons. The average Bonchev–Trinajstić information content (AvgIpc) is 2.92. The van der Waals surface area contributed by atoms with Crippen LogP contribution in [0.3, 0.4) is 0 Å². The molecule has 0 atom stereocenters. The molecule has 1 heterocycles. The number of hydrogen-bond acceptors (Lipinski definition) is 4. The van der Waals surface area contributed by atoms with Gasteiger partial charge in [0, 0.05) is 18.7 Å². The number of halogens is 2. The first-order valence-corrected chi connectivity index (χ1v) is 8.42. The molecule has 6 nitrogen and oxygen atoms in total. The summed E-state index contributed by atoms with van der Waals surface area (Å²) in [4.78, 5) is 26.1. The van der Waals surface area contributed by atoms with E-state index in [-0.39, 0.29) is 24.3 Å². The Morgan fingerprint density at radius 2 is 1.96 bits per heavy atom. The van der Waals surface area contributed by atoms with Gasteiger partial charge in [-0.25, -0.2) is 0 Å². The van der Waals surface area contributed by atoms with Crippen LogP contribution < -0.4 is 5.32 Å². The highest BCUT2D eigenvalue weighted by Crippen LogP contribution is 2.25. The number of benzene rings is 1. The summed E-state index contributed by atoms with van der Waals surface area (Å²) in [5, 5.41) is 7.27. The predicted octanol–water partition coefficient (Wildman–Crippen LogP) is 4.12. The van der Waals surface area contributed by atoms with E-state index in [0.29, 0.717) is 32.8 Å². The Bertz CT molecular complexity index is 802. The number of aryl methyl sites for hydroxylation is 1. The van der Waals surface area contributed by atoms with Crippen LogP contribution in [-0.4, -0.2) is 35.5 Å². The molecule has 0 aliphatic heterocycles. The van der Waals surface area contributed by atoms with Crippen LogP contribution in [0.15, 0.2) is 22.7 Å². The fraction of sp³-hybridized carbons (Fsp3) is 0.353. The quantitative estimate of drug-likeness (QED) is 0.841. The first kappa shape index (κ1) is 19.3. The van der Waals surface area contributed by atoms with E-state index in [1.54, 1.807) is 32.2 Å². The average molecular weight is 384 g/mol. The van der Waals surface area contributed by atoms with Crippen molar-refractivity contribution >= 4 is 40.7 Å². The maximum Gasteiger partial charge on any atom is 0.259 e. The van der Waals surface area contributed by atoms with Gasteiger partial charge in [0.05, 0.1) is 22.3 Å². The Kier molecular flexibility index (Phi) is 6.08. The molecule has 0 spiro atoms. The van der Waals surface area contributed by atoms with E-state index in [9.17, 15) is 9.59 Å². The smallest absolute Gasteiger partial charge is 0.259 e. The molecule has 0 unspecified atom stereocenters. The lowest BCUT2D eigenvalue weighted by molar-refractivity contribution is -0.116. The summed E-state index contributed by atoms with van der Waals surface area (Å²) in [6, 6.07) is 4.77. The highest BCUT2D eigenvalue weighted by molar-refractivity contribution is 6.42. The number of carbonyl (C=O) groups is 2.